The van der Waals surface area contributed by atoms with Gasteiger partial charge in [-0.2, -0.15) is 0 Å². The minimum Gasteiger partial charge on any atom is -0.341 e. The zero-order chi connectivity index (χ0) is 13.9. The Hall–Kier alpha value is -0.880. The number of hydrogen-bond acceptors (Lipinski definition) is 3. The summed E-state index contributed by atoms with van der Waals surface area (Å²) in [7, 11) is -3.18. The fourth-order valence-corrected chi connectivity index (χ4v) is 3.55. The number of amides is 1. The van der Waals surface area contributed by atoms with Gasteiger partial charge < -0.3 is 4.90 Å². The number of carbonyl (C=O) groups is 1. The highest BCUT2D eigenvalue weighted by Gasteiger charge is 2.28. The van der Waals surface area contributed by atoms with Crippen molar-refractivity contribution in [2.75, 3.05) is 19.3 Å². The van der Waals surface area contributed by atoms with Crippen LogP contribution in [0.4, 0.5) is 0 Å². The third kappa shape index (κ3) is 4.62. The van der Waals surface area contributed by atoms with Crippen molar-refractivity contribution in [3.63, 3.8) is 0 Å². The molecule has 19 heavy (non-hydrogen) atoms. The Labute approximate surface area is 115 Å². The van der Waals surface area contributed by atoms with Gasteiger partial charge in [-0.1, -0.05) is 11.6 Å². The molecular weight excluding hydrogens is 264 g/mol. The summed E-state index contributed by atoms with van der Waals surface area (Å²) in [5.74, 6) is 0.131. The van der Waals surface area contributed by atoms with Gasteiger partial charge in [-0.15, -0.1) is 0 Å². The number of carbonyl (C=O) groups excluding carboxylic acids is 1. The highest BCUT2D eigenvalue weighted by atomic mass is 32.2. The van der Waals surface area contributed by atoms with Crippen LogP contribution in [0.3, 0.4) is 0 Å². The first kappa shape index (κ1) is 14.5. The SMILES string of the molecule is CS(=O)(=O)NC1CCN(C(=O)CC2=CCCCC2)C1. The molecule has 108 valence electrons. The van der Waals surface area contributed by atoms with Crippen molar-refractivity contribution in [1.82, 2.24) is 9.62 Å². The van der Waals surface area contributed by atoms with E-state index in [0.29, 0.717) is 25.9 Å². The maximum Gasteiger partial charge on any atom is 0.226 e. The normalized spacial score (nSPS) is 24.4. The Morgan fingerprint density at radius 2 is 2.26 bits per heavy atom. The second-order valence-electron chi connectivity index (χ2n) is 5.50. The van der Waals surface area contributed by atoms with E-state index >= 15 is 0 Å². The van der Waals surface area contributed by atoms with E-state index in [-0.39, 0.29) is 11.9 Å². The highest BCUT2D eigenvalue weighted by molar-refractivity contribution is 7.88. The number of allylic oxidation sites excluding steroid dienone is 1. The largest absolute Gasteiger partial charge is 0.341 e. The van der Waals surface area contributed by atoms with Gasteiger partial charge in [-0.3, -0.25) is 4.79 Å². The summed E-state index contributed by atoms with van der Waals surface area (Å²) in [4.78, 5) is 13.9. The van der Waals surface area contributed by atoms with Crippen molar-refractivity contribution in [3.8, 4) is 0 Å². The monoisotopic (exact) mass is 286 g/mol. The predicted octanol–water partition coefficient (Wildman–Crippen LogP) is 1.03. The zero-order valence-corrected chi connectivity index (χ0v) is 12.2. The molecule has 0 radical (unpaired) electrons. The summed E-state index contributed by atoms with van der Waals surface area (Å²) >= 11 is 0. The summed E-state index contributed by atoms with van der Waals surface area (Å²) in [6.45, 7) is 1.15. The van der Waals surface area contributed by atoms with Crippen molar-refractivity contribution >= 4 is 15.9 Å². The molecule has 5 nitrogen and oxygen atoms in total. The molecule has 0 aromatic carbocycles. The van der Waals surface area contributed by atoms with Gasteiger partial charge >= 0.3 is 0 Å². The predicted molar refractivity (Wildman–Crippen MR) is 74.1 cm³/mol. The number of nitrogens with zero attached hydrogens (tertiary/aromatic N) is 1. The first-order valence-electron chi connectivity index (χ1n) is 6.87. The molecule has 1 N–H and O–H groups in total. The van der Waals surface area contributed by atoms with E-state index in [9.17, 15) is 13.2 Å². The lowest BCUT2D eigenvalue weighted by molar-refractivity contribution is -0.129. The molecule has 1 aliphatic heterocycles. The topological polar surface area (TPSA) is 66.5 Å². The van der Waals surface area contributed by atoms with Crippen LogP contribution in [0, 0.1) is 0 Å². The standard InChI is InChI=1S/C13H22N2O3S/c1-19(17,18)14-12-7-8-15(10-12)13(16)9-11-5-3-2-4-6-11/h5,12,14H,2-4,6-10H2,1H3. The molecule has 0 aromatic heterocycles. The lowest BCUT2D eigenvalue weighted by Crippen LogP contribution is -2.37. The summed E-state index contributed by atoms with van der Waals surface area (Å²) < 4.78 is 24.9. The van der Waals surface area contributed by atoms with Gasteiger partial charge in [0.25, 0.3) is 0 Å². The molecule has 2 aliphatic rings. The quantitative estimate of drug-likeness (QED) is 0.785. The zero-order valence-electron chi connectivity index (χ0n) is 11.4. The fourth-order valence-electron chi connectivity index (χ4n) is 2.76. The van der Waals surface area contributed by atoms with Crippen molar-refractivity contribution in [2.45, 2.75) is 44.6 Å². The molecule has 0 bridgehead atoms. The molecule has 1 amide bonds. The molecule has 1 heterocycles. The molecule has 1 saturated heterocycles. The molecule has 0 saturated carbocycles. The van der Waals surface area contributed by atoms with Crippen LogP contribution in [0.25, 0.3) is 0 Å². The fraction of sp³-hybridized carbons (Fsp3) is 0.769. The van der Waals surface area contributed by atoms with Crippen LogP contribution in [-0.4, -0.2) is 44.6 Å². The molecule has 1 fully saturated rings. The Morgan fingerprint density at radius 3 is 2.89 bits per heavy atom. The molecule has 0 aromatic rings. The van der Waals surface area contributed by atoms with Gasteiger partial charge in [0.2, 0.25) is 15.9 Å². The Bertz CT molecular complexity index is 470. The van der Waals surface area contributed by atoms with E-state index in [1.54, 1.807) is 4.90 Å². The smallest absolute Gasteiger partial charge is 0.226 e. The minimum atomic E-state index is -3.18. The van der Waals surface area contributed by atoms with E-state index in [2.05, 4.69) is 10.8 Å². The Kier molecular flexibility index (Phi) is 4.62. The van der Waals surface area contributed by atoms with Crippen LogP contribution >= 0.6 is 0 Å². The lowest BCUT2D eigenvalue weighted by atomic mass is 9.97. The minimum absolute atomic E-state index is 0.126. The maximum atomic E-state index is 12.1. The highest BCUT2D eigenvalue weighted by Crippen LogP contribution is 2.22. The molecule has 0 spiro atoms. The summed E-state index contributed by atoms with van der Waals surface area (Å²) in [5, 5.41) is 0. The van der Waals surface area contributed by atoms with Gasteiger partial charge in [0, 0.05) is 25.6 Å². The summed E-state index contributed by atoms with van der Waals surface area (Å²) in [5.41, 5.74) is 1.25. The first-order valence-corrected chi connectivity index (χ1v) is 8.76. The lowest BCUT2D eigenvalue weighted by Gasteiger charge is -2.19. The third-order valence-corrected chi connectivity index (χ3v) is 4.45. The van der Waals surface area contributed by atoms with E-state index in [1.165, 1.54) is 18.4 Å². The molecule has 2 rings (SSSR count). The van der Waals surface area contributed by atoms with E-state index in [1.807, 2.05) is 0 Å². The number of sulfonamides is 1. The van der Waals surface area contributed by atoms with Crippen molar-refractivity contribution in [2.24, 2.45) is 0 Å². The molecule has 1 unspecified atom stereocenters. The van der Waals surface area contributed by atoms with Crippen LogP contribution in [0.15, 0.2) is 11.6 Å². The van der Waals surface area contributed by atoms with Crippen LogP contribution in [0.2, 0.25) is 0 Å². The van der Waals surface area contributed by atoms with E-state index in [4.69, 9.17) is 0 Å². The van der Waals surface area contributed by atoms with Crippen molar-refractivity contribution < 1.29 is 13.2 Å². The van der Waals surface area contributed by atoms with E-state index in [0.717, 1.165) is 19.1 Å². The first-order chi connectivity index (χ1) is 8.94. The Balaban J connectivity index is 1.83. The number of hydrogen-bond donors (Lipinski definition) is 1. The van der Waals surface area contributed by atoms with Gasteiger partial charge in [-0.05, 0) is 32.1 Å². The summed E-state index contributed by atoms with van der Waals surface area (Å²) in [6.07, 6.45) is 9.07. The van der Waals surface area contributed by atoms with E-state index < -0.39 is 10.0 Å². The second kappa shape index (κ2) is 6.05. The molecule has 1 atom stereocenters. The van der Waals surface area contributed by atoms with Crippen LogP contribution in [0.5, 0.6) is 0 Å². The average molecular weight is 286 g/mol. The van der Waals surface area contributed by atoms with Crippen LogP contribution in [-0.2, 0) is 14.8 Å². The molecular formula is C13H22N2O3S. The molecule has 1 aliphatic carbocycles. The van der Waals surface area contributed by atoms with Gasteiger partial charge in [0.05, 0.1) is 6.26 Å². The average Bonchev–Trinajstić information content (AvgIpc) is 2.76. The van der Waals surface area contributed by atoms with Crippen LogP contribution in [0.1, 0.15) is 38.5 Å². The second-order valence-corrected chi connectivity index (χ2v) is 7.28. The molecule has 6 heteroatoms. The summed E-state index contributed by atoms with van der Waals surface area (Å²) in [6, 6.07) is -0.126. The third-order valence-electron chi connectivity index (χ3n) is 3.69. The maximum absolute atomic E-state index is 12.1. The van der Waals surface area contributed by atoms with Crippen molar-refractivity contribution in [3.05, 3.63) is 11.6 Å². The van der Waals surface area contributed by atoms with Crippen molar-refractivity contribution in [1.29, 1.82) is 0 Å². The number of likely N-dealkylation sites (tertiary alicyclic amines) is 1. The number of rotatable bonds is 4. The Morgan fingerprint density at radius 1 is 1.47 bits per heavy atom. The van der Waals surface area contributed by atoms with Gasteiger partial charge in [0.15, 0.2) is 0 Å². The van der Waals surface area contributed by atoms with Gasteiger partial charge in [0.1, 0.15) is 0 Å². The number of nitrogens with one attached hydrogen (secondary N) is 1. The van der Waals surface area contributed by atoms with Crippen LogP contribution < -0.4 is 4.72 Å². The van der Waals surface area contributed by atoms with Gasteiger partial charge in [-0.25, -0.2) is 13.1 Å².